The molecule has 21 N–H and O–H groups in total. The van der Waals surface area contributed by atoms with Gasteiger partial charge in [0.1, 0.15) is 78.1 Å². The average Bonchev–Trinajstić information content (AvgIpc) is 4.10. The van der Waals surface area contributed by atoms with E-state index < -0.39 is 151 Å². The third-order valence-electron chi connectivity index (χ3n) is 15.2. The van der Waals surface area contributed by atoms with Crippen molar-refractivity contribution in [1.82, 2.24) is 29.8 Å². The molecule has 6 aliphatic rings. The summed E-state index contributed by atoms with van der Waals surface area (Å²) >= 11 is 0. The van der Waals surface area contributed by atoms with Crippen molar-refractivity contribution in [2.75, 3.05) is 50.7 Å². The normalized spacial score (nSPS) is 37.5. The highest BCUT2D eigenvalue weighted by molar-refractivity contribution is 5.93. The van der Waals surface area contributed by atoms with Gasteiger partial charge in [0.05, 0.1) is 54.8 Å². The standard InChI is InChI=1S/C46H70FN13O17/c47-22-7-20-25(60(18-1-2-18)16-21(31(20)62)43(70)71)9-26(22)58-5-3-57(4-6-58)14-19(61)15-59-13-17(55-56-59)12-54-42(69)41-40(75-45-30(53)36(67)34(65)28(11-49)73-45)37(68)46(77-41)76-39-32(63)23(50)8-24(51)38(39)74-44-29(52)35(66)33(64)27(10-48)72-44/h7,9,13,16,18-19,23-24,27-30,32-41,44-46,61,63-68H,1-6,8,10-12,14-15,48-53H2,(H,54,69)(H,70,71)/t19?,23-,24+,27-,28+,29-,30-,32+,33-,34-,35-,36-,37-,38-,39-,40+,41+,44-,45+,46-/m1/s1. The number of carboxylic acids is 1. The second-order valence-corrected chi connectivity index (χ2v) is 20.7. The van der Waals surface area contributed by atoms with Crippen LogP contribution in [0.1, 0.15) is 41.4 Å². The smallest absolute Gasteiger partial charge is 0.341 e. The fraction of sp³-hybridized carbons (Fsp3) is 0.717. The molecule has 1 aromatic carbocycles. The van der Waals surface area contributed by atoms with E-state index in [0.29, 0.717) is 31.7 Å². The van der Waals surface area contributed by atoms with Crippen molar-refractivity contribution in [2.24, 2.45) is 34.4 Å². The quantitative estimate of drug-likeness (QED) is 0.0562. The van der Waals surface area contributed by atoms with Gasteiger partial charge < -0.3 is 118 Å². The lowest BCUT2D eigenvalue weighted by atomic mass is 9.84. The van der Waals surface area contributed by atoms with E-state index in [0.717, 1.165) is 18.9 Å². The first-order chi connectivity index (χ1) is 36.7. The summed E-state index contributed by atoms with van der Waals surface area (Å²) in [6.45, 7) is 1.13. The predicted octanol–water partition coefficient (Wildman–Crippen LogP) is -8.31. The van der Waals surface area contributed by atoms with Gasteiger partial charge in [-0.3, -0.25) is 14.5 Å². The Bertz CT molecular complexity index is 2610. The minimum Gasteiger partial charge on any atom is -0.477 e. The number of carboxylic acid groups (broad SMARTS) is 1. The van der Waals surface area contributed by atoms with Crippen LogP contribution < -0.4 is 50.0 Å². The zero-order valence-corrected chi connectivity index (χ0v) is 41.7. The molecule has 30 nitrogen and oxygen atoms in total. The van der Waals surface area contributed by atoms with Crippen molar-refractivity contribution >= 4 is 28.5 Å². The maximum absolute atomic E-state index is 15.6. The lowest BCUT2D eigenvalue weighted by Gasteiger charge is -2.47. The zero-order valence-electron chi connectivity index (χ0n) is 41.7. The molecular weight excluding hydrogens is 1030 g/mol. The number of piperazine rings is 1. The number of rotatable bonds is 18. The van der Waals surface area contributed by atoms with Gasteiger partial charge in [-0.15, -0.1) is 5.10 Å². The van der Waals surface area contributed by atoms with Crippen molar-refractivity contribution in [1.29, 1.82) is 0 Å². The van der Waals surface area contributed by atoms with Crippen LogP contribution in [0.5, 0.6) is 0 Å². The zero-order chi connectivity index (χ0) is 55.3. The van der Waals surface area contributed by atoms with Crippen LogP contribution in [0.25, 0.3) is 10.9 Å². The number of aromatic nitrogens is 4. The summed E-state index contributed by atoms with van der Waals surface area (Å²) in [6, 6.07) is -2.01. The van der Waals surface area contributed by atoms with Crippen molar-refractivity contribution in [3.63, 3.8) is 0 Å². The monoisotopic (exact) mass is 1100 g/mol. The Balaban J connectivity index is 0.832. The van der Waals surface area contributed by atoms with Crippen LogP contribution >= 0.6 is 0 Å². The van der Waals surface area contributed by atoms with Crippen LogP contribution in [0, 0.1) is 5.82 Å². The molecule has 4 saturated heterocycles. The summed E-state index contributed by atoms with van der Waals surface area (Å²) in [5.41, 5.74) is 36.4. The number of carbonyl (C=O) groups excluding carboxylic acids is 1. The number of halogens is 1. The molecule has 77 heavy (non-hydrogen) atoms. The molecule has 4 aliphatic heterocycles. The number of benzene rings is 1. The van der Waals surface area contributed by atoms with E-state index in [1.54, 1.807) is 10.6 Å². The molecule has 2 aromatic heterocycles. The molecule has 1 amide bonds. The molecule has 0 radical (unpaired) electrons. The average molecular weight is 1100 g/mol. The van der Waals surface area contributed by atoms with Gasteiger partial charge in [0.2, 0.25) is 5.43 Å². The van der Waals surface area contributed by atoms with E-state index >= 15 is 4.39 Å². The van der Waals surface area contributed by atoms with Gasteiger partial charge >= 0.3 is 5.97 Å². The summed E-state index contributed by atoms with van der Waals surface area (Å²) < 4.78 is 54.6. The minimum atomic E-state index is -1.89. The van der Waals surface area contributed by atoms with Gasteiger partial charge in [0.25, 0.3) is 5.91 Å². The summed E-state index contributed by atoms with van der Waals surface area (Å²) in [6.07, 6.45) is -19.4. The van der Waals surface area contributed by atoms with E-state index in [9.17, 15) is 55.2 Å². The first-order valence-corrected chi connectivity index (χ1v) is 25.5. The van der Waals surface area contributed by atoms with Crippen LogP contribution in [-0.2, 0) is 46.3 Å². The van der Waals surface area contributed by atoms with Gasteiger partial charge in [-0.1, -0.05) is 5.21 Å². The molecule has 428 valence electrons. The number of amides is 1. The summed E-state index contributed by atoms with van der Waals surface area (Å²) in [5.74, 6) is -2.92. The number of aromatic carboxylic acids is 1. The Kier molecular flexibility index (Phi) is 17.5. The van der Waals surface area contributed by atoms with E-state index in [1.807, 2.05) is 9.80 Å². The fourth-order valence-electron chi connectivity index (χ4n) is 10.7. The molecular formula is C46H70FN13O17. The number of aliphatic hydroxyl groups excluding tert-OH is 7. The van der Waals surface area contributed by atoms with Gasteiger partial charge in [-0.05, 0) is 31.4 Å². The fourth-order valence-corrected chi connectivity index (χ4v) is 10.7. The number of nitrogens with zero attached hydrogens (tertiary/aromatic N) is 6. The minimum absolute atomic E-state index is 0.00359. The number of β-amino-alcohol motifs (C(OH)–C–C–N with tert-alkyl or cyclic N) is 1. The Morgan fingerprint density at radius 3 is 1.97 bits per heavy atom. The third-order valence-corrected chi connectivity index (χ3v) is 15.2. The van der Waals surface area contributed by atoms with Gasteiger partial charge in [0, 0.05) is 75.5 Å². The first kappa shape index (κ1) is 57.1. The number of pyridine rings is 1. The molecule has 20 atom stereocenters. The molecule has 1 unspecified atom stereocenters. The van der Waals surface area contributed by atoms with Crippen LogP contribution in [0.3, 0.4) is 0 Å². The molecule has 6 fully saturated rings. The Morgan fingerprint density at radius 1 is 0.766 bits per heavy atom. The van der Waals surface area contributed by atoms with E-state index in [2.05, 4.69) is 15.6 Å². The number of ether oxygens (including phenoxy) is 6. The molecule has 0 spiro atoms. The summed E-state index contributed by atoms with van der Waals surface area (Å²) in [5, 5.41) is 97.1. The highest BCUT2D eigenvalue weighted by Gasteiger charge is 2.56. The molecule has 2 aliphatic carbocycles. The van der Waals surface area contributed by atoms with Crippen LogP contribution in [0.4, 0.5) is 10.1 Å². The predicted molar refractivity (Wildman–Crippen MR) is 261 cm³/mol. The van der Waals surface area contributed by atoms with Crippen molar-refractivity contribution in [2.45, 2.75) is 161 Å². The number of nitrogens with two attached hydrogens (primary N) is 6. The topological polar surface area (TPSA) is 479 Å². The third kappa shape index (κ3) is 11.9. The number of carbonyl (C=O) groups is 2. The van der Waals surface area contributed by atoms with Crippen LogP contribution in [0.2, 0.25) is 0 Å². The number of hydrogen-bond donors (Lipinski definition) is 15. The van der Waals surface area contributed by atoms with Gasteiger partial charge in [-0.2, -0.15) is 0 Å². The largest absolute Gasteiger partial charge is 0.477 e. The lowest BCUT2D eigenvalue weighted by Crippen LogP contribution is -2.68. The number of fused-ring (bicyclic) bond motifs is 1. The first-order valence-electron chi connectivity index (χ1n) is 25.5. The Hall–Kier alpha value is -4.56. The molecule has 2 saturated carbocycles. The molecule has 31 heteroatoms. The number of hydrogen-bond acceptors (Lipinski definition) is 26. The summed E-state index contributed by atoms with van der Waals surface area (Å²) in [4.78, 5) is 42.7. The number of aliphatic hydroxyl groups is 7. The lowest BCUT2D eigenvalue weighted by molar-refractivity contribution is -0.306. The van der Waals surface area contributed by atoms with Gasteiger partial charge in [-0.25, -0.2) is 13.9 Å². The Labute approximate surface area is 438 Å². The SMILES string of the molecule is NC[C@@H]1O[C@@H](O[C@H]2[C@@H](O)[C@H](O[C@@H]3[C@@H](O)[C@H](N)C[C@H](N)[C@H]3O[C@H]3O[C@H](CN)[C@@H](O)[C@H](O)[C@H]3N)O[C@@H]2C(=O)NCc2cn(CC(O)CN3CCN(c4cc5c(cc4F)c(=O)c(C(=O)O)cn5C4CC4)CC3)nn2)[C@H](N)[C@@H](O)[C@@H]1O. The summed E-state index contributed by atoms with van der Waals surface area (Å²) in [7, 11) is 0. The van der Waals surface area contributed by atoms with Crippen molar-refractivity contribution < 1.29 is 83.3 Å². The molecule has 3 aromatic rings. The molecule has 6 heterocycles. The highest BCUT2D eigenvalue weighted by Crippen LogP contribution is 2.39. The van der Waals surface area contributed by atoms with Gasteiger partial charge in [0.15, 0.2) is 25.0 Å². The maximum Gasteiger partial charge on any atom is 0.341 e. The second kappa shape index (κ2) is 23.6. The van der Waals surface area contributed by atoms with E-state index in [4.69, 9.17) is 62.8 Å². The molecule has 9 rings (SSSR count). The second-order valence-electron chi connectivity index (χ2n) is 20.7. The van der Waals surface area contributed by atoms with Crippen LogP contribution in [0.15, 0.2) is 29.3 Å². The highest BCUT2D eigenvalue weighted by atomic mass is 19.1. The van der Waals surface area contributed by atoms with Crippen LogP contribution in [-0.4, -0.2) is 245 Å². The van der Waals surface area contributed by atoms with Crippen molar-refractivity contribution in [3.05, 3.63) is 51.8 Å². The van der Waals surface area contributed by atoms with E-state index in [-0.39, 0.29) is 62.0 Å². The van der Waals surface area contributed by atoms with Crippen molar-refractivity contribution in [3.8, 4) is 0 Å². The Morgan fingerprint density at radius 2 is 1.38 bits per heavy atom. The van der Waals surface area contributed by atoms with E-state index in [1.165, 1.54) is 17.1 Å². The maximum atomic E-state index is 15.6. The molecule has 0 bridgehead atoms. The number of anilines is 1. The number of nitrogens with one attached hydrogen (secondary N) is 1.